The quantitative estimate of drug-likeness (QED) is 0.742. The van der Waals surface area contributed by atoms with Gasteiger partial charge in [-0.15, -0.1) is 0 Å². The summed E-state index contributed by atoms with van der Waals surface area (Å²) in [5, 5.41) is 2.80. The van der Waals surface area contributed by atoms with Crippen molar-refractivity contribution in [3.05, 3.63) is 59.7 Å². The Labute approximate surface area is 155 Å². The number of amides is 1. The molecule has 0 atom stereocenters. The molecule has 2 N–H and O–H groups in total. The molecule has 0 bridgehead atoms. The summed E-state index contributed by atoms with van der Waals surface area (Å²) in [6.45, 7) is 3.23. The molecule has 0 aliphatic carbocycles. The number of likely N-dealkylation sites (N-methyl/N-ethyl adjacent to an activating group) is 1. The fourth-order valence-corrected chi connectivity index (χ4v) is 3.51. The maximum atomic E-state index is 12.6. The van der Waals surface area contributed by atoms with Crippen molar-refractivity contribution in [3.63, 3.8) is 0 Å². The fourth-order valence-electron chi connectivity index (χ4n) is 2.41. The molecule has 0 saturated heterocycles. The van der Waals surface area contributed by atoms with Gasteiger partial charge in [0.2, 0.25) is 0 Å². The molecule has 1 amide bonds. The van der Waals surface area contributed by atoms with Gasteiger partial charge in [-0.2, -0.15) is 0 Å². The van der Waals surface area contributed by atoms with E-state index in [9.17, 15) is 13.2 Å². The Kier molecular flexibility index (Phi) is 6.76. The van der Waals surface area contributed by atoms with Crippen molar-refractivity contribution >= 4 is 21.6 Å². The largest absolute Gasteiger partial charge is 0.351 e. The van der Waals surface area contributed by atoms with Crippen molar-refractivity contribution in [3.8, 4) is 0 Å². The molecule has 0 aromatic heterocycles. The zero-order chi connectivity index (χ0) is 19.2. The first-order valence-electron chi connectivity index (χ1n) is 8.47. The molecule has 7 heteroatoms. The number of para-hydroxylation sites is 1. The van der Waals surface area contributed by atoms with Crippen LogP contribution in [0.25, 0.3) is 0 Å². The highest BCUT2D eigenvalue weighted by Gasteiger charge is 2.16. The summed E-state index contributed by atoms with van der Waals surface area (Å²) < 4.78 is 27.8. The third kappa shape index (κ3) is 5.31. The second kappa shape index (κ2) is 8.82. The van der Waals surface area contributed by atoms with Gasteiger partial charge in [0.25, 0.3) is 15.9 Å². The smallest absolute Gasteiger partial charge is 0.261 e. The van der Waals surface area contributed by atoms with Crippen LogP contribution in [0.1, 0.15) is 22.8 Å². The standard InChI is InChI=1S/C19H25N3O3S/c1-4-15-7-5-6-8-18(15)21-26(24,25)17-11-9-16(10-12-17)19(23)20-13-14-22(2)3/h5-12,21H,4,13-14H2,1-3H3,(H,20,23). The topological polar surface area (TPSA) is 78.5 Å². The van der Waals surface area contributed by atoms with Gasteiger partial charge in [0, 0.05) is 18.7 Å². The Morgan fingerprint density at radius 2 is 1.69 bits per heavy atom. The first-order valence-corrected chi connectivity index (χ1v) is 9.95. The summed E-state index contributed by atoms with van der Waals surface area (Å²) in [6, 6.07) is 13.2. The summed E-state index contributed by atoms with van der Waals surface area (Å²) in [4.78, 5) is 14.2. The highest BCUT2D eigenvalue weighted by atomic mass is 32.2. The van der Waals surface area contributed by atoms with Gasteiger partial charge in [-0.25, -0.2) is 8.42 Å². The van der Waals surface area contributed by atoms with Crippen LogP contribution in [0.4, 0.5) is 5.69 Å². The van der Waals surface area contributed by atoms with Crippen LogP contribution in [0, 0.1) is 0 Å². The van der Waals surface area contributed by atoms with Gasteiger partial charge < -0.3 is 10.2 Å². The number of nitrogens with one attached hydrogen (secondary N) is 2. The SMILES string of the molecule is CCc1ccccc1NS(=O)(=O)c1ccc(C(=O)NCCN(C)C)cc1. The maximum absolute atomic E-state index is 12.6. The Hall–Kier alpha value is -2.38. The second-order valence-corrected chi connectivity index (χ2v) is 7.88. The number of carbonyl (C=O) groups is 1. The predicted octanol–water partition coefficient (Wildman–Crippen LogP) is 2.34. The lowest BCUT2D eigenvalue weighted by molar-refractivity contribution is 0.0951. The molecule has 2 aromatic carbocycles. The zero-order valence-corrected chi connectivity index (χ0v) is 16.1. The minimum absolute atomic E-state index is 0.119. The van der Waals surface area contributed by atoms with E-state index >= 15 is 0 Å². The zero-order valence-electron chi connectivity index (χ0n) is 15.3. The minimum Gasteiger partial charge on any atom is -0.351 e. The summed E-state index contributed by atoms with van der Waals surface area (Å²) >= 11 is 0. The van der Waals surface area contributed by atoms with Crippen LogP contribution in [0.15, 0.2) is 53.4 Å². The average molecular weight is 375 g/mol. The van der Waals surface area contributed by atoms with E-state index < -0.39 is 10.0 Å². The first kappa shape index (κ1) is 19.9. The monoisotopic (exact) mass is 375 g/mol. The summed E-state index contributed by atoms with van der Waals surface area (Å²) in [6.07, 6.45) is 0.727. The van der Waals surface area contributed by atoms with Crippen LogP contribution in [0.3, 0.4) is 0 Å². The number of anilines is 1. The molecule has 26 heavy (non-hydrogen) atoms. The molecule has 6 nitrogen and oxygen atoms in total. The van der Waals surface area contributed by atoms with Gasteiger partial charge in [0.1, 0.15) is 0 Å². The van der Waals surface area contributed by atoms with E-state index in [-0.39, 0.29) is 10.8 Å². The van der Waals surface area contributed by atoms with Crippen molar-refractivity contribution in [2.75, 3.05) is 31.9 Å². The van der Waals surface area contributed by atoms with Gasteiger partial charge >= 0.3 is 0 Å². The van der Waals surface area contributed by atoms with Gasteiger partial charge in [-0.3, -0.25) is 9.52 Å². The van der Waals surface area contributed by atoms with Crippen LogP contribution in [-0.2, 0) is 16.4 Å². The van der Waals surface area contributed by atoms with Gasteiger partial charge in [-0.05, 0) is 56.4 Å². The number of hydrogen-bond acceptors (Lipinski definition) is 4. The molecule has 140 valence electrons. The van der Waals surface area contributed by atoms with E-state index in [4.69, 9.17) is 0 Å². The third-order valence-electron chi connectivity index (χ3n) is 3.91. The lowest BCUT2D eigenvalue weighted by Gasteiger charge is -2.12. The molecule has 0 aliphatic heterocycles. The number of carbonyl (C=O) groups excluding carboxylic acids is 1. The Balaban J connectivity index is 2.10. The highest BCUT2D eigenvalue weighted by Crippen LogP contribution is 2.20. The fraction of sp³-hybridized carbons (Fsp3) is 0.316. The molecule has 0 fully saturated rings. The highest BCUT2D eigenvalue weighted by molar-refractivity contribution is 7.92. The number of hydrogen-bond donors (Lipinski definition) is 2. The van der Waals surface area contributed by atoms with E-state index in [2.05, 4.69) is 10.0 Å². The van der Waals surface area contributed by atoms with Crippen molar-refractivity contribution in [2.24, 2.45) is 0 Å². The van der Waals surface area contributed by atoms with Gasteiger partial charge in [-0.1, -0.05) is 25.1 Å². The van der Waals surface area contributed by atoms with Gasteiger partial charge in [0.05, 0.1) is 10.6 Å². The molecule has 0 unspecified atom stereocenters. The summed E-state index contributed by atoms with van der Waals surface area (Å²) in [7, 11) is 0.147. The van der Waals surface area contributed by atoms with E-state index in [1.54, 1.807) is 12.1 Å². The molecule has 0 spiro atoms. The number of sulfonamides is 1. The second-order valence-electron chi connectivity index (χ2n) is 6.20. The van der Waals surface area contributed by atoms with E-state index in [0.29, 0.717) is 17.8 Å². The number of nitrogens with zero attached hydrogens (tertiary/aromatic N) is 1. The van der Waals surface area contributed by atoms with E-state index in [1.807, 2.05) is 38.1 Å². The van der Waals surface area contributed by atoms with Crippen LogP contribution < -0.4 is 10.0 Å². The lowest BCUT2D eigenvalue weighted by Crippen LogP contribution is -2.31. The van der Waals surface area contributed by atoms with Crippen molar-refractivity contribution in [2.45, 2.75) is 18.2 Å². The van der Waals surface area contributed by atoms with Crippen molar-refractivity contribution in [1.82, 2.24) is 10.2 Å². The first-order chi connectivity index (χ1) is 12.3. The Morgan fingerprint density at radius 3 is 2.31 bits per heavy atom. The van der Waals surface area contributed by atoms with Gasteiger partial charge in [0.15, 0.2) is 0 Å². The molecule has 2 aromatic rings. The van der Waals surface area contributed by atoms with E-state index in [1.165, 1.54) is 24.3 Å². The maximum Gasteiger partial charge on any atom is 0.261 e. The van der Waals surface area contributed by atoms with Crippen molar-refractivity contribution in [1.29, 1.82) is 0 Å². The molecule has 0 aliphatic rings. The van der Waals surface area contributed by atoms with Crippen LogP contribution >= 0.6 is 0 Å². The third-order valence-corrected chi connectivity index (χ3v) is 5.30. The van der Waals surface area contributed by atoms with Crippen molar-refractivity contribution < 1.29 is 13.2 Å². The molecule has 0 radical (unpaired) electrons. The molecule has 0 heterocycles. The normalized spacial score (nSPS) is 11.4. The molecular weight excluding hydrogens is 350 g/mol. The number of rotatable bonds is 8. The molecular formula is C19H25N3O3S. The summed E-state index contributed by atoms with van der Waals surface area (Å²) in [5.74, 6) is -0.222. The van der Waals surface area contributed by atoms with Crippen LogP contribution in [-0.4, -0.2) is 46.4 Å². The Morgan fingerprint density at radius 1 is 1.04 bits per heavy atom. The lowest BCUT2D eigenvalue weighted by atomic mass is 10.1. The van der Waals surface area contributed by atoms with Crippen LogP contribution in [0.5, 0.6) is 0 Å². The number of benzene rings is 2. The summed E-state index contributed by atoms with van der Waals surface area (Å²) in [5.41, 5.74) is 1.92. The predicted molar refractivity (Wildman–Crippen MR) is 104 cm³/mol. The van der Waals surface area contributed by atoms with E-state index in [0.717, 1.165) is 18.5 Å². The average Bonchev–Trinajstić information content (AvgIpc) is 2.61. The van der Waals surface area contributed by atoms with Crippen LogP contribution in [0.2, 0.25) is 0 Å². The molecule has 0 saturated carbocycles. The number of aryl methyl sites for hydroxylation is 1. The minimum atomic E-state index is -3.70. The molecule has 2 rings (SSSR count). The Bertz CT molecular complexity index is 847.